The molecule has 20 nitrogen and oxygen atoms in total. The number of halogens is 4. The predicted molar refractivity (Wildman–Crippen MR) is 331 cm³/mol. The average molecular weight is 1280 g/mol. The number of aromatic nitrogens is 4. The highest BCUT2D eigenvalue weighted by Gasteiger charge is 2.55. The van der Waals surface area contributed by atoms with Crippen molar-refractivity contribution in [1.82, 2.24) is 40.0 Å². The molecule has 2 amide bonds. The van der Waals surface area contributed by atoms with Gasteiger partial charge in [0.05, 0.1) is 46.9 Å². The van der Waals surface area contributed by atoms with E-state index in [1.54, 1.807) is 34.1 Å². The SMILES string of the molecule is COc1cc2c(Oc3ccc(CC(=O)C4(C(=O)Cc5ccc(F)cc5)CC4)cc3F)ncnc2cc1OC(=O)N1CCN(C)C[C@H]1C.COc1cc2c(Oc3ccc(CC(=O)C4(C(=O)Cc5ccc(F)cc5)CC4)cc3F)ncnc2cc1OC(=O)N1CCNC[C@H]1C. The number of Topliss-reactive ketones (excluding diaryl/α,β-unsaturated/α-hetero) is 4. The van der Waals surface area contributed by atoms with Gasteiger partial charge < -0.3 is 48.4 Å². The molecule has 4 heterocycles. The van der Waals surface area contributed by atoms with Crippen molar-refractivity contribution in [1.29, 1.82) is 0 Å². The number of ketones is 4. The van der Waals surface area contributed by atoms with Gasteiger partial charge in [-0.3, -0.25) is 19.2 Å². The average Bonchev–Trinajstić information content (AvgIpc) is 1.71. The summed E-state index contributed by atoms with van der Waals surface area (Å²) in [4.78, 5) is 101. The topological polar surface area (TPSA) is 231 Å². The van der Waals surface area contributed by atoms with Crippen molar-refractivity contribution in [3.63, 3.8) is 0 Å². The van der Waals surface area contributed by atoms with Gasteiger partial charge in [-0.2, -0.15) is 0 Å². The van der Waals surface area contributed by atoms with Crippen LogP contribution in [-0.2, 0) is 44.9 Å². The maximum absolute atomic E-state index is 15.3. The Kier molecular flexibility index (Phi) is 19.1. The van der Waals surface area contributed by atoms with Crippen LogP contribution in [0.4, 0.5) is 27.2 Å². The molecule has 8 aromatic rings. The number of ether oxygens (including phenoxy) is 6. The van der Waals surface area contributed by atoms with Crippen LogP contribution in [0, 0.1) is 34.1 Å². The van der Waals surface area contributed by atoms with Gasteiger partial charge in [-0.1, -0.05) is 36.4 Å². The number of likely N-dealkylation sites (N-methyl/N-ethyl adjacent to an activating group) is 1. The molecule has 2 aromatic heterocycles. The highest BCUT2D eigenvalue weighted by molar-refractivity contribution is 6.11. The van der Waals surface area contributed by atoms with Crippen LogP contribution < -0.4 is 33.7 Å². The van der Waals surface area contributed by atoms with E-state index in [-0.39, 0.29) is 107 Å². The molecule has 1 N–H and O–H groups in total. The van der Waals surface area contributed by atoms with Crippen LogP contribution in [-0.4, -0.2) is 143 Å². The van der Waals surface area contributed by atoms with Crippen molar-refractivity contribution in [3.05, 3.63) is 167 Å². The number of nitrogens with one attached hydrogen (secondary N) is 1. The van der Waals surface area contributed by atoms with Crippen molar-refractivity contribution in [2.45, 2.75) is 77.3 Å². The third-order valence-electron chi connectivity index (χ3n) is 17.3. The summed E-state index contributed by atoms with van der Waals surface area (Å²) in [6, 6.07) is 25.7. The molecule has 6 aromatic carbocycles. The van der Waals surface area contributed by atoms with Crippen molar-refractivity contribution in [2.24, 2.45) is 10.8 Å². The van der Waals surface area contributed by atoms with Crippen LogP contribution >= 0.6 is 0 Å². The lowest BCUT2D eigenvalue weighted by Gasteiger charge is -2.37. The Labute approximate surface area is 532 Å². The number of benzene rings is 6. The molecule has 2 aliphatic carbocycles. The van der Waals surface area contributed by atoms with Crippen molar-refractivity contribution in [3.8, 4) is 46.3 Å². The fourth-order valence-electron chi connectivity index (χ4n) is 11.5. The number of fused-ring (bicyclic) bond motifs is 2. The van der Waals surface area contributed by atoms with Gasteiger partial charge in [0.25, 0.3) is 0 Å². The summed E-state index contributed by atoms with van der Waals surface area (Å²) in [7, 11) is 4.86. The van der Waals surface area contributed by atoms with Crippen LogP contribution in [0.1, 0.15) is 61.8 Å². The minimum absolute atomic E-state index is 0.0282. The minimum atomic E-state index is -1.09. The molecule has 2 saturated carbocycles. The minimum Gasteiger partial charge on any atom is -0.493 e. The fraction of sp³-hybridized carbons (Fsp3) is 0.333. The summed E-state index contributed by atoms with van der Waals surface area (Å²) in [6.45, 7) is 7.69. The Morgan fingerprint density at radius 2 is 0.903 bits per heavy atom. The lowest BCUT2D eigenvalue weighted by Crippen LogP contribution is -2.53. The number of carbonyl (C=O) groups is 6. The third-order valence-corrected chi connectivity index (χ3v) is 17.3. The monoisotopic (exact) mass is 1270 g/mol. The lowest BCUT2D eigenvalue weighted by atomic mass is 9.88. The number of amides is 2. The first-order valence-electron chi connectivity index (χ1n) is 30.3. The first-order valence-corrected chi connectivity index (χ1v) is 30.3. The van der Waals surface area contributed by atoms with E-state index in [1.807, 2.05) is 20.9 Å². The molecule has 0 radical (unpaired) electrons. The second-order valence-electron chi connectivity index (χ2n) is 23.7. The first kappa shape index (κ1) is 64.6. The highest BCUT2D eigenvalue weighted by atomic mass is 19.1. The number of methoxy groups -OCH3 is 2. The van der Waals surface area contributed by atoms with Crippen LogP contribution in [0.5, 0.6) is 46.3 Å². The molecule has 0 unspecified atom stereocenters. The molecule has 12 rings (SSSR count). The Hall–Kier alpha value is -9.94. The molecular weight excluding hydrogens is 1210 g/mol. The van der Waals surface area contributed by atoms with Gasteiger partial charge >= 0.3 is 12.2 Å². The fourth-order valence-corrected chi connectivity index (χ4v) is 11.5. The van der Waals surface area contributed by atoms with E-state index < -0.39 is 46.3 Å². The molecule has 2 aliphatic heterocycles. The Bertz CT molecular complexity index is 4190. The Morgan fingerprint density at radius 1 is 0.495 bits per heavy atom. The first-order chi connectivity index (χ1) is 44.7. The van der Waals surface area contributed by atoms with E-state index in [1.165, 1.54) is 112 Å². The molecule has 4 aliphatic rings. The second-order valence-corrected chi connectivity index (χ2v) is 23.7. The molecule has 2 atom stereocenters. The molecule has 93 heavy (non-hydrogen) atoms. The van der Waals surface area contributed by atoms with Crippen molar-refractivity contribution in [2.75, 3.05) is 60.5 Å². The largest absolute Gasteiger partial charge is 0.493 e. The van der Waals surface area contributed by atoms with Gasteiger partial charge in [-0.15, -0.1) is 0 Å². The molecule has 0 spiro atoms. The van der Waals surface area contributed by atoms with Crippen LogP contribution in [0.25, 0.3) is 21.8 Å². The maximum atomic E-state index is 15.3. The van der Waals surface area contributed by atoms with E-state index in [0.717, 1.165) is 13.1 Å². The lowest BCUT2D eigenvalue weighted by molar-refractivity contribution is -0.135. The smallest absolute Gasteiger partial charge is 0.415 e. The Morgan fingerprint density at radius 3 is 1.29 bits per heavy atom. The van der Waals surface area contributed by atoms with Gasteiger partial charge in [0.2, 0.25) is 11.8 Å². The zero-order valence-corrected chi connectivity index (χ0v) is 51.6. The van der Waals surface area contributed by atoms with Gasteiger partial charge in [0.1, 0.15) is 24.3 Å². The molecular formula is C69H66F4N8O12. The van der Waals surface area contributed by atoms with Crippen molar-refractivity contribution < 1.29 is 74.8 Å². The van der Waals surface area contributed by atoms with E-state index in [4.69, 9.17) is 28.4 Å². The van der Waals surface area contributed by atoms with E-state index in [0.29, 0.717) is 95.9 Å². The normalized spacial score (nSPS) is 17.1. The van der Waals surface area contributed by atoms with Crippen LogP contribution in [0.3, 0.4) is 0 Å². The number of rotatable bonds is 20. The molecule has 0 bridgehead atoms. The van der Waals surface area contributed by atoms with E-state index in [2.05, 4.69) is 30.2 Å². The zero-order valence-electron chi connectivity index (χ0n) is 51.6. The molecule has 2 saturated heterocycles. The molecule has 4 fully saturated rings. The molecule has 24 heteroatoms. The summed E-state index contributed by atoms with van der Waals surface area (Å²) < 4.78 is 91.1. The number of hydrogen-bond donors (Lipinski definition) is 1. The predicted octanol–water partition coefficient (Wildman–Crippen LogP) is 10.8. The second kappa shape index (κ2) is 27.5. The molecule has 482 valence electrons. The van der Waals surface area contributed by atoms with Crippen molar-refractivity contribution >= 4 is 57.1 Å². The van der Waals surface area contributed by atoms with Gasteiger partial charge in [0, 0.05) is 89.2 Å². The summed E-state index contributed by atoms with van der Waals surface area (Å²) >= 11 is 0. The van der Waals surface area contributed by atoms with E-state index in [9.17, 15) is 37.5 Å². The van der Waals surface area contributed by atoms with Gasteiger partial charge in [-0.25, -0.2) is 47.1 Å². The summed E-state index contributed by atoms with van der Waals surface area (Å²) in [5.41, 5.74) is 0.651. The number of hydrogen-bond acceptors (Lipinski definition) is 18. The third kappa shape index (κ3) is 14.6. The van der Waals surface area contributed by atoms with E-state index >= 15 is 8.78 Å². The summed E-state index contributed by atoms with van der Waals surface area (Å²) in [5.74, 6) is -2.57. The quantitative estimate of drug-likeness (QED) is 0.0552. The number of carbonyl (C=O) groups excluding carboxylic acids is 6. The summed E-state index contributed by atoms with van der Waals surface area (Å²) in [6.07, 6.45) is 3.08. The van der Waals surface area contributed by atoms with Crippen LogP contribution in [0.2, 0.25) is 0 Å². The summed E-state index contributed by atoms with van der Waals surface area (Å²) in [5, 5.41) is 4.01. The standard InChI is InChI=1S/C35H34F2N4O6.C34H32F2N4O6/c1-21-19-40(2)12-13-41(21)34(44)47-30-18-27-25(17-29(30)45-3)33(39-20-38-27)46-28-9-6-23(14-26(28)37)16-32(43)35(10-11-35)31(42)15-22-4-7-24(36)8-5-22;1-20-18-37-11-12-40(20)33(43)46-29-17-26-24(16-28(29)44-2)32(39-19-38-26)45-27-8-5-22(13-25(27)36)15-31(42)34(9-10-34)30(41)14-21-3-6-23(35)7-4-21/h4-9,14,17-18,20-21H,10-13,15-16,19H2,1-3H3;3-8,13,16-17,19-20,37H,9-12,14-15,18H2,1-2H3/t21-;20-/m11/s1. The van der Waals surface area contributed by atoms with Crippen LogP contribution in [0.15, 0.2) is 122 Å². The number of nitrogens with zero attached hydrogens (tertiary/aromatic N) is 7. The highest BCUT2D eigenvalue weighted by Crippen LogP contribution is 2.50. The van der Waals surface area contributed by atoms with Gasteiger partial charge in [0.15, 0.2) is 69.3 Å². The maximum Gasteiger partial charge on any atom is 0.415 e. The number of piperazine rings is 2. The van der Waals surface area contributed by atoms with Gasteiger partial charge in [-0.05, 0) is 129 Å². The zero-order chi connectivity index (χ0) is 65.7. The Balaban J connectivity index is 0.000000190.